The Bertz CT molecular complexity index is 517. The molecular formula is C12H12N2O2. The van der Waals surface area contributed by atoms with Crippen molar-refractivity contribution < 1.29 is 9.90 Å². The molecule has 0 spiro atoms. The van der Waals surface area contributed by atoms with Gasteiger partial charge in [0.1, 0.15) is 0 Å². The van der Waals surface area contributed by atoms with Crippen LogP contribution in [-0.2, 0) is 6.54 Å². The van der Waals surface area contributed by atoms with E-state index in [0.29, 0.717) is 11.1 Å². The first-order valence-corrected chi connectivity index (χ1v) is 5.08. The monoisotopic (exact) mass is 216 g/mol. The average molecular weight is 216 g/mol. The van der Waals surface area contributed by atoms with E-state index in [1.807, 2.05) is 19.1 Å². The fourth-order valence-electron chi connectivity index (χ4n) is 1.71. The lowest BCUT2D eigenvalue weighted by Crippen LogP contribution is -2.04. The molecule has 4 nitrogen and oxygen atoms in total. The molecule has 0 fully saturated rings. The van der Waals surface area contributed by atoms with Gasteiger partial charge in [0, 0.05) is 18.3 Å². The minimum absolute atomic E-state index is 0.303. The summed E-state index contributed by atoms with van der Waals surface area (Å²) in [5, 5.41) is 13.2. The highest BCUT2D eigenvalue weighted by Crippen LogP contribution is 2.23. The number of rotatable bonds is 3. The highest BCUT2D eigenvalue weighted by atomic mass is 16.4. The zero-order valence-corrected chi connectivity index (χ0v) is 8.92. The van der Waals surface area contributed by atoms with E-state index in [1.54, 1.807) is 29.1 Å². The Labute approximate surface area is 93.1 Å². The molecule has 0 aliphatic heterocycles. The molecule has 0 unspecified atom stereocenters. The molecule has 0 bridgehead atoms. The van der Waals surface area contributed by atoms with E-state index in [-0.39, 0.29) is 0 Å². The van der Waals surface area contributed by atoms with E-state index < -0.39 is 5.97 Å². The van der Waals surface area contributed by atoms with Gasteiger partial charge in [-0.3, -0.25) is 4.68 Å². The molecule has 0 atom stereocenters. The summed E-state index contributed by atoms with van der Waals surface area (Å²) >= 11 is 0. The van der Waals surface area contributed by atoms with Crippen LogP contribution < -0.4 is 0 Å². The van der Waals surface area contributed by atoms with Gasteiger partial charge in [-0.25, -0.2) is 4.79 Å². The molecule has 0 radical (unpaired) electrons. The zero-order chi connectivity index (χ0) is 11.5. The van der Waals surface area contributed by atoms with Crippen molar-refractivity contribution in [2.75, 3.05) is 0 Å². The third kappa shape index (κ3) is 1.69. The molecule has 16 heavy (non-hydrogen) atoms. The van der Waals surface area contributed by atoms with Crippen LogP contribution in [0.25, 0.3) is 11.3 Å². The molecule has 82 valence electrons. The first-order chi connectivity index (χ1) is 7.74. The van der Waals surface area contributed by atoms with E-state index in [4.69, 9.17) is 5.11 Å². The first kappa shape index (κ1) is 10.4. The SMILES string of the molecule is CCn1nccc1-c1ccccc1C(=O)O. The van der Waals surface area contributed by atoms with Gasteiger partial charge in [-0.2, -0.15) is 5.10 Å². The van der Waals surface area contributed by atoms with E-state index in [9.17, 15) is 4.79 Å². The Balaban J connectivity index is 2.60. The second kappa shape index (κ2) is 4.18. The van der Waals surface area contributed by atoms with E-state index in [1.165, 1.54) is 0 Å². The summed E-state index contributed by atoms with van der Waals surface area (Å²) in [6, 6.07) is 8.77. The summed E-state index contributed by atoms with van der Waals surface area (Å²) in [4.78, 5) is 11.1. The number of aromatic nitrogens is 2. The minimum Gasteiger partial charge on any atom is -0.478 e. The van der Waals surface area contributed by atoms with Crippen molar-refractivity contribution in [3.8, 4) is 11.3 Å². The van der Waals surface area contributed by atoms with Gasteiger partial charge in [0.15, 0.2) is 0 Å². The molecule has 0 saturated carbocycles. The maximum Gasteiger partial charge on any atom is 0.336 e. The van der Waals surface area contributed by atoms with E-state index in [0.717, 1.165) is 12.2 Å². The van der Waals surface area contributed by atoms with Crippen LogP contribution in [0.3, 0.4) is 0 Å². The molecule has 1 N–H and O–H groups in total. The second-order valence-corrected chi connectivity index (χ2v) is 3.38. The van der Waals surface area contributed by atoms with Crippen LogP contribution >= 0.6 is 0 Å². The summed E-state index contributed by atoms with van der Waals surface area (Å²) in [6.07, 6.45) is 1.68. The minimum atomic E-state index is -0.917. The van der Waals surface area contributed by atoms with E-state index >= 15 is 0 Å². The lowest BCUT2D eigenvalue weighted by atomic mass is 10.0. The molecule has 1 aromatic heterocycles. The number of carboxylic acid groups (broad SMARTS) is 1. The molecule has 1 heterocycles. The molecular weight excluding hydrogens is 204 g/mol. The zero-order valence-electron chi connectivity index (χ0n) is 8.92. The molecule has 0 aliphatic rings. The van der Waals surface area contributed by atoms with Crippen molar-refractivity contribution in [1.29, 1.82) is 0 Å². The molecule has 0 saturated heterocycles. The van der Waals surface area contributed by atoms with Crippen LogP contribution in [0.5, 0.6) is 0 Å². The molecule has 0 amide bonds. The number of hydrogen-bond acceptors (Lipinski definition) is 2. The normalized spacial score (nSPS) is 10.3. The van der Waals surface area contributed by atoms with Gasteiger partial charge < -0.3 is 5.11 Å². The average Bonchev–Trinajstić information content (AvgIpc) is 2.76. The van der Waals surface area contributed by atoms with Gasteiger partial charge in [-0.15, -0.1) is 0 Å². The maximum absolute atomic E-state index is 11.1. The third-order valence-electron chi connectivity index (χ3n) is 2.45. The Morgan fingerprint density at radius 3 is 2.81 bits per heavy atom. The Kier molecular flexibility index (Phi) is 2.72. The van der Waals surface area contributed by atoms with E-state index in [2.05, 4.69) is 5.10 Å². The van der Waals surface area contributed by atoms with Crippen molar-refractivity contribution in [3.05, 3.63) is 42.1 Å². The molecule has 1 aromatic carbocycles. The van der Waals surface area contributed by atoms with Gasteiger partial charge in [0.25, 0.3) is 0 Å². The van der Waals surface area contributed by atoms with Crippen LogP contribution in [0.2, 0.25) is 0 Å². The topological polar surface area (TPSA) is 55.1 Å². The molecule has 0 aliphatic carbocycles. The smallest absolute Gasteiger partial charge is 0.336 e. The van der Waals surface area contributed by atoms with Crippen LogP contribution in [0.15, 0.2) is 36.5 Å². The number of aromatic carboxylic acids is 1. The molecule has 4 heteroatoms. The summed E-state index contributed by atoms with van der Waals surface area (Å²) in [5.74, 6) is -0.917. The Morgan fingerprint density at radius 2 is 2.12 bits per heavy atom. The lowest BCUT2D eigenvalue weighted by Gasteiger charge is -2.07. The number of nitrogens with zero attached hydrogens (tertiary/aromatic N) is 2. The molecule has 2 aromatic rings. The highest BCUT2D eigenvalue weighted by molar-refractivity contribution is 5.95. The lowest BCUT2D eigenvalue weighted by molar-refractivity contribution is 0.0697. The van der Waals surface area contributed by atoms with Gasteiger partial charge in [-0.1, -0.05) is 18.2 Å². The van der Waals surface area contributed by atoms with Crippen LogP contribution in [0.4, 0.5) is 0 Å². The highest BCUT2D eigenvalue weighted by Gasteiger charge is 2.13. The first-order valence-electron chi connectivity index (χ1n) is 5.08. The van der Waals surface area contributed by atoms with Crippen molar-refractivity contribution >= 4 is 5.97 Å². The Hall–Kier alpha value is -2.10. The second-order valence-electron chi connectivity index (χ2n) is 3.38. The number of benzene rings is 1. The quantitative estimate of drug-likeness (QED) is 0.856. The third-order valence-corrected chi connectivity index (χ3v) is 2.45. The van der Waals surface area contributed by atoms with Crippen molar-refractivity contribution in [2.45, 2.75) is 13.5 Å². The predicted molar refractivity (Wildman–Crippen MR) is 60.3 cm³/mol. The van der Waals surface area contributed by atoms with Crippen LogP contribution in [0.1, 0.15) is 17.3 Å². The number of carboxylic acids is 1. The fourth-order valence-corrected chi connectivity index (χ4v) is 1.71. The van der Waals surface area contributed by atoms with Crippen molar-refractivity contribution in [3.63, 3.8) is 0 Å². The van der Waals surface area contributed by atoms with Crippen LogP contribution in [0, 0.1) is 0 Å². The fraction of sp³-hybridized carbons (Fsp3) is 0.167. The number of hydrogen-bond donors (Lipinski definition) is 1. The van der Waals surface area contributed by atoms with Gasteiger partial charge >= 0.3 is 5.97 Å². The van der Waals surface area contributed by atoms with Gasteiger partial charge in [0.05, 0.1) is 11.3 Å². The van der Waals surface area contributed by atoms with Gasteiger partial charge in [0.2, 0.25) is 0 Å². The van der Waals surface area contributed by atoms with Crippen molar-refractivity contribution in [1.82, 2.24) is 9.78 Å². The maximum atomic E-state index is 11.1. The summed E-state index contributed by atoms with van der Waals surface area (Å²) in [7, 11) is 0. The summed E-state index contributed by atoms with van der Waals surface area (Å²) < 4.78 is 1.78. The van der Waals surface area contributed by atoms with Gasteiger partial charge in [-0.05, 0) is 19.1 Å². The summed E-state index contributed by atoms with van der Waals surface area (Å²) in [5.41, 5.74) is 1.84. The predicted octanol–water partition coefficient (Wildman–Crippen LogP) is 2.27. The molecule has 2 rings (SSSR count). The summed E-state index contributed by atoms with van der Waals surface area (Å²) in [6.45, 7) is 2.69. The largest absolute Gasteiger partial charge is 0.478 e. The number of carbonyl (C=O) groups is 1. The van der Waals surface area contributed by atoms with Crippen molar-refractivity contribution in [2.24, 2.45) is 0 Å². The van der Waals surface area contributed by atoms with Crippen LogP contribution in [-0.4, -0.2) is 20.9 Å². The standard InChI is InChI=1S/C12H12N2O2/c1-2-14-11(7-8-13-14)9-5-3-4-6-10(9)12(15)16/h3-8H,2H2,1H3,(H,15,16). The Morgan fingerprint density at radius 1 is 1.38 bits per heavy atom. The number of aryl methyl sites for hydroxylation is 1.